The summed E-state index contributed by atoms with van der Waals surface area (Å²) < 4.78 is 5.97. The molecule has 1 heterocycles. The van der Waals surface area contributed by atoms with Crippen LogP contribution in [0.25, 0.3) is 10.9 Å². The van der Waals surface area contributed by atoms with Gasteiger partial charge in [-0.25, -0.2) is 9.97 Å². The van der Waals surface area contributed by atoms with Crippen molar-refractivity contribution in [3.8, 4) is 5.75 Å². The average Bonchev–Trinajstić information content (AvgIpc) is 2.54. The minimum atomic E-state index is -0.492. The number of nitro benzene ring substituents is 1. The van der Waals surface area contributed by atoms with Crippen LogP contribution < -0.4 is 10.1 Å². The molecule has 7 nitrogen and oxygen atoms in total. The van der Waals surface area contributed by atoms with Gasteiger partial charge in [-0.15, -0.1) is 0 Å². The number of rotatable bonds is 4. The Kier molecular flexibility index (Phi) is 4.07. The van der Waals surface area contributed by atoms with E-state index in [-0.39, 0.29) is 11.4 Å². The summed E-state index contributed by atoms with van der Waals surface area (Å²) in [4.78, 5) is 19.0. The van der Waals surface area contributed by atoms with E-state index in [1.165, 1.54) is 25.6 Å². The minimum absolute atomic E-state index is 0.132. The lowest BCUT2D eigenvalue weighted by Gasteiger charge is -2.10. The third-order valence-electron chi connectivity index (χ3n) is 3.22. The molecule has 0 atom stereocenters. The van der Waals surface area contributed by atoms with Crippen LogP contribution in [-0.4, -0.2) is 22.0 Å². The molecule has 0 fully saturated rings. The van der Waals surface area contributed by atoms with Gasteiger partial charge in [-0.1, -0.05) is 22.0 Å². The van der Waals surface area contributed by atoms with Gasteiger partial charge in [0.15, 0.2) is 5.75 Å². The van der Waals surface area contributed by atoms with Crippen LogP contribution in [0.2, 0.25) is 0 Å². The first-order chi connectivity index (χ1) is 11.1. The van der Waals surface area contributed by atoms with Crippen molar-refractivity contribution in [2.75, 3.05) is 12.4 Å². The summed E-state index contributed by atoms with van der Waals surface area (Å²) in [5.41, 5.74) is 1.23. The summed E-state index contributed by atoms with van der Waals surface area (Å²) in [5, 5.41) is 14.9. The Morgan fingerprint density at radius 2 is 2.09 bits per heavy atom. The highest BCUT2D eigenvalue weighted by Gasteiger charge is 2.18. The second-order valence-corrected chi connectivity index (χ2v) is 5.57. The van der Waals surface area contributed by atoms with Gasteiger partial charge in [0.1, 0.15) is 12.1 Å². The lowest BCUT2D eigenvalue weighted by Crippen LogP contribution is -1.99. The zero-order chi connectivity index (χ0) is 16.4. The van der Waals surface area contributed by atoms with Gasteiger partial charge in [0.2, 0.25) is 0 Å². The molecular formula is C15H11BrN4O3. The summed E-state index contributed by atoms with van der Waals surface area (Å²) in [5.74, 6) is 0.647. The van der Waals surface area contributed by atoms with E-state index < -0.39 is 4.92 Å². The van der Waals surface area contributed by atoms with E-state index in [1.54, 1.807) is 0 Å². The lowest BCUT2D eigenvalue weighted by molar-refractivity contribution is -0.385. The smallest absolute Gasteiger partial charge is 0.311 e. The topological polar surface area (TPSA) is 90.2 Å². The standard InChI is InChI=1S/C15H11BrN4O3/c1-23-14-7-12-11(6-13(14)20(21)22)15(18-8-17-12)19-10-4-2-3-9(16)5-10/h2-8H,1H3,(H,17,18,19). The van der Waals surface area contributed by atoms with Crippen molar-refractivity contribution in [1.29, 1.82) is 0 Å². The Morgan fingerprint density at radius 3 is 2.78 bits per heavy atom. The maximum absolute atomic E-state index is 11.2. The van der Waals surface area contributed by atoms with Gasteiger partial charge in [0, 0.05) is 22.3 Å². The number of nitro groups is 1. The summed E-state index contributed by atoms with van der Waals surface area (Å²) in [6.45, 7) is 0. The van der Waals surface area contributed by atoms with E-state index in [2.05, 4.69) is 31.2 Å². The predicted octanol–water partition coefficient (Wildman–Crippen LogP) is 4.05. The molecule has 3 rings (SSSR count). The number of nitrogens with zero attached hydrogens (tertiary/aromatic N) is 3. The van der Waals surface area contributed by atoms with Gasteiger partial charge < -0.3 is 10.1 Å². The van der Waals surface area contributed by atoms with Gasteiger partial charge >= 0.3 is 5.69 Å². The molecule has 0 aliphatic heterocycles. The highest BCUT2D eigenvalue weighted by molar-refractivity contribution is 9.10. The van der Waals surface area contributed by atoms with Gasteiger partial charge in [-0.3, -0.25) is 10.1 Å². The number of benzene rings is 2. The molecule has 0 aliphatic carbocycles. The van der Waals surface area contributed by atoms with Gasteiger partial charge in [0.25, 0.3) is 0 Å². The van der Waals surface area contributed by atoms with Crippen LogP contribution in [0.1, 0.15) is 0 Å². The van der Waals surface area contributed by atoms with Crippen LogP contribution in [0.3, 0.4) is 0 Å². The number of aromatic nitrogens is 2. The zero-order valence-electron chi connectivity index (χ0n) is 12.0. The molecule has 8 heteroatoms. The van der Waals surface area contributed by atoms with Gasteiger partial charge in [-0.2, -0.15) is 0 Å². The number of anilines is 2. The summed E-state index contributed by atoms with van der Waals surface area (Å²) in [6, 6.07) is 10.5. The van der Waals surface area contributed by atoms with Crippen molar-refractivity contribution in [2.24, 2.45) is 0 Å². The van der Waals surface area contributed by atoms with E-state index in [9.17, 15) is 10.1 Å². The third-order valence-corrected chi connectivity index (χ3v) is 3.71. The fraction of sp³-hybridized carbons (Fsp3) is 0.0667. The first-order valence-corrected chi connectivity index (χ1v) is 7.37. The molecule has 116 valence electrons. The monoisotopic (exact) mass is 374 g/mol. The molecular weight excluding hydrogens is 364 g/mol. The molecule has 0 unspecified atom stereocenters. The van der Waals surface area contributed by atoms with Crippen molar-refractivity contribution in [3.05, 3.63) is 57.3 Å². The Labute approximate surface area is 139 Å². The lowest BCUT2D eigenvalue weighted by atomic mass is 10.2. The van der Waals surface area contributed by atoms with Crippen LogP contribution in [0.15, 0.2) is 47.2 Å². The summed E-state index contributed by atoms with van der Waals surface area (Å²) in [7, 11) is 1.38. The largest absolute Gasteiger partial charge is 0.490 e. The number of methoxy groups -OCH3 is 1. The first kappa shape index (κ1) is 15.2. The fourth-order valence-corrected chi connectivity index (χ4v) is 2.58. The van der Waals surface area contributed by atoms with E-state index in [4.69, 9.17) is 4.74 Å². The maximum Gasteiger partial charge on any atom is 0.311 e. The van der Waals surface area contributed by atoms with E-state index in [0.717, 1.165) is 10.2 Å². The minimum Gasteiger partial charge on any atom is -0.490 e. The third kappa shape index (κ3) is 3.07. The Hall–Kier alpha value is -2.74. The molecule has 0 saturated heterocycles. The van der Waals surface area contributed by atoms with Crippen molar-refractivity contribution >= 4 is 44.0 Å². The number of nitrogens with one attached hydrogen (secondary N) is 1. The van der Waals surface area contributed by atoms with Crippen molar-refractivity contribution in [3.63, 3.8) is 0 Å². The number of halogens is 1. The highest BCUT2D eigenvalue weighted by atomic mass is 79.9. The molecule has 0 radical (unpaired) electrons. The predicted molar refractivity (Wildman–Crippen MR) is 90.2 cm³/mol. The molecule has 3 aromatic rings. The van der Waals surface area contributed by atoms with Crippen LogP contribution >= 0.6 is 15.9 Å². The second kappa shape index (κ2) is 6.17. The van der Waals surface area contributed by atoms with Crippen LogP contribution in [-0.2, 0) is 0 Å². The van der Waals surface area contributed by atoms with Crippen LogP contribution in [0.4, 0.5) is 17.2 Å². The number of fused-ring (bicyclic) bond motifs is 1. The quantitative estimate of drug-likeness (QED) is 0.547. The number of hydrogen-bond donors (Lipinski definition) is 1. The molecule has 0 bridgehead atoms. The zero-order valence-corrected chi connectivity index (χ0v) is 13.6. The Morgan fingerprint density at radius 1 is 1.26 bits per heavy atom. The maximum atomic E-state index is 11.2. The molecule has 1 N–H and O–H groups in total. The molecule has 2 aromatic carbocycles. The number of ether oxygens (including phenoxy) is 1. The first-order valence-electron chi connectivity index (χ1n) is 6.58. The fourth-order valence-electron chi connectivity index (χ4n) is 2.18. The number of hydrogen-bond acceptors (Lipinski definition) is 6. The SMILES string of the molecule is COc1cc2ncnc(Nc3cccc(Br)c3)c2cc1[N+](=O)[O-]. The highest BCUT2D eigenvalue weighted by Crippen LogP contribution is 2.34. The van der Waals surface area contributed by atoms with Gasteiger partial charge in [0.05, 0.1) is 22.9 Å². The van der Waals surface area contributed by atoms with E-state index in [1.807, 2.05) is 24.3 Å². The van der Waals surface area contributed by atoms with E-state index in [0.29, 0.717) is 16.7 Å². The Balaban J connectivity index is 2.13. The summed E-state index contributed by atoms with van der Waals surface area (Å²) in [6.07, 6.45) is 1.40. The van der Waals surface area contributed by atoms with Gasteiger partial charge in [-0.05, 0) is 18.2 Å². The average molecular weight is 375 g/mol. The molecule has 1 aromatic heterocycles. The Bertz CT molecular complexity index is 901. The molecule has 0 spiro atoms. The molecule has 0 aliphatic rings. The van der Waals surface area contributed by atoms with Crippen LogP contribution in [0.5, 0.6) is 5.75 Å². The van der Waals surface area contributed by atoms with Crippen molar-refractivity contribution < 1.29 is 9.66 Å². The van der Waals surface area contributed by atoms with Crippen molar-refractivity contribution in [1.82, 2.24) is 9.97 Å². The van der Waals surface area contributed by atoms with Crippen molar-refractivity contribution in [2.45, 2.75) is 0 Å². The molecule has 23 heavy (non-hydrogen) atoms. The van der Waals surface area contributed by atoms with E-state index >= 15 is 0 Å². The molecule has 0 saturated carbocycles. The summed E-state index contributed by atoms with van der Waals surface area (Å²) >= 11 is 3.40. The molecule has 0 amide bonds. The normalized spacial score (nSPS) is 10.5. The second-order valence-electron chi connectivity index (χ2n) is 4.66. The van der Waals surface area contributed by atoms with Crippen LogP contribution in [0, 0.1) is 10.1 Å².